The van der Waals surface area contributed by atoms with Gasteiger partial charge in [0.05, 0.1) is 7.11 Å². The molecule has 53 valence electrons. The standard InChI is InChI=1S/C6H4BrFNO/c1-10-6-5(8)2-4(7)3-9-6/h3H,1H3. The van der Waals surface area contributed by atoms with Crippen molar-refractivity contribution in [3.63, 3.8) is 0 Å². The third-order valence-corrected chi connectivity index (χ3v) is 1.31. The molecule has 1 rings (SSSR count). The maximum Gasteiger partial charge on any atom is 0.250 e. The Morgan fingerprint density at radius 2 is 2.50 bits per heavy atom. The van der Waals surface area contributed by atoms with Crippen LogP contribution in [0.1, 0.15) is 0 Å². The first kappa shape index (κ1) is 7.47. The van der Waals surface area contributed by atoms with Crippen molar-refractivity contribution in [3.05, 3.63) is 22.6 Å². The Balaban J connectivity index is 3.07. The fraction of sp³-hybridized carbons (Fsp3) is 0.167. The number of pyridine rings is 1. The van der Waals surface area contributed by atoms with E-state index < -0.39 is 5.82 Å². The molecule has 10 heavy (non-hydrogen) atoms. The quantitative estimate of drug-likeness (QED) is 0.697. The molecule has 0 N–H and O–H groups in total. The highest BCUT2D eigenvalue weighted by Gasteiger charge is 2.02. The van der Waals surface area contributed by atoms with E-state index in [4.69, 9.17) is 0 Å². The van der Waals surface area contributed by atoms with E-state index in [1.54, 1.807) is 0 Å². The minimum atomic E-state index is -0.586. The number of hydrogen-bond donors (Lipinski definition) is 0. The second kappa shape index (κ2) is 2.96. The minimum absolute atomic E-state index is 0.0387. The Morgan fingerprint density at radius 1 is 1.80 bits per heavy atom. The summed E-state index contributed by atoms with van der Waals surface area (Å²) in [5.74, 6) is -0.625. The number of ether oxygens (including phenoxy) is 1. The maximum atomic E-state index is 12.6. The Kier molecular flexibility index (Phi) is 2.21. The number of hydrogen-bond acceptors (Lipinski definition) is 2. The summed E-state index contributed by atoms with van der Waals surface area (Å²) in [6.45, 7) is 0. The molecule has 0 saturated carbocycles. The molecule has 0 aliphatic rings. The molecule has 0 aliphatic heterocycles. The van der Waals surface area contributed by atoms with Crippen molar-refractivity contribution in [2.75, 3.05) is 7.11 Å². The van der Waals surface area contributed by atoms with E-state index >= 15 is 0 Å². The van der Waals surface area contributed by atoms with Gasteiger partial charge in [-0.2, -0.15) is 0 Å². The SMILES string of the molecule is COc1ncc(Br)[c]c1F. The molecule has 0 spiro atoms. The highest BCUT2D eigenvalue weighted by molar-refractivity contribution is 9.10. The van der Waals surface area contributed by atoms with Crippen LogP contribution in [-0.2, 0) is 0 Å². The molecule has 4 heteroatoms. The van der Waals surface area contributed by atoms with Crippen LogP contribution in [0.4, 0.5) is 4.39 Å². The van der Waals surface area contributed by atoms with Gasteiger partial charge in [-0.15, -0.1) is 0 Å². The lowest BCUT2D eigenvalue weighted by Gasteiger charge is -1.97. The summed E-state index contributed by atoms with van der Waals surface area (Å²) in [4.78, 5) is 3.62. The van der Waals surface area contributed by atoms with Crippen LogP contribution in [-0.4, -0.2) is 12.1 Å². The highest BCUT2D eigenvalue weighted by atomic mass is 79.9. The predicted molar refractivity (Wildman–Crippen MR) is 37.3 cm³/mol. The zero-order valence-electron chi connectivity index (χ0n) is 5.19. The van der Waals surface area contributed by atoms with Gasteiger partial charge in [-0.05, 0) is 15.9 Å². The Labute approximate surface area is 66.2 Å². The van der Waals surface area contributed by atoms with Gasteiger partial charge in [0, 0.05) is 16.7 Å². The molecule has 2 nitrogen and oxygen atoms in total. The van der Waals surface area contributed by atoms with Crippen molar-refractivity contribution in [1.82, 2.24) is 4.98 Å². The van der Waals surface area contributed by atoms with Gasteiger partial charge in [0.15, 0.2) is 5.82 Å². The molecule has 1 aromatic rings. The van der Waals surface area contributed by atoms with E-state index in [0.717, 1.165) is 0 Å². The molecule has 0 aromatic carbocycles. The largest absolute Gasteiger partial charge is 0.479 e. The van der Waals surface area contributed by atoms with Gasteiger partial charge >= 0.3 is 0 Å². The molecular formula is C6H4BrFNO. The Bertz CT molecular complexity index is 241. The monoisotopic (exact) mass is 204 g/mol. The number of rotatable bonds is 1. The minimum Gasteiger partial charge on any atom is -0.479 e. The van der Waals surface area contributed by atoms with Crippen molar-refractivity contribution in [2.45, 2.75) is 0 Å². The fourth-order valence-electron chi connectivity index (χ4n) is 0.505. The van der Waals surface area contributed by atoms with E-state index in [1.165, 1.54) is 13.3 Å². The Hall–Kier alpha value is -0.640. The number of methoxy groups -OCH3 is 1. The molecule has 1 aromatic heterocycles. The molecule has 0 amide bonds. The first-order chi connectivity index (χ1) is 4.74. The van der Waals surface area contributed by atoms with E-state index in [1.807, 2.05) is 0 Å². The second-order valence-corrected chi connectivity index (χ2v) is 2.41. The predicted octanol–water partition coefficient (Wildman–Crippen LogP) is 1.79. The van der Waals surface area contributed by atoms with Gasteiger partial charge in [-0.1, -0.05) is 0 Å². The lowest BCUT2D eigenvalue weighted by atomic mass is 10.5. The van der Waals surface area contributed by atoms with Gasteiger partial charge < -0.3 is 4.74 Å². The first-order valence-electron chi connectivity index (χ1n) is 2.51. The van der Waals surface area contributed by atoms with Gasteiger partial charge in [-0.3, -0.25) is 0 Å². The highest BCUT2D eigenvalue weighted by Crippen LogP contribution is 2.15. The van der Waals surface area contributed by atoms with Crippen molar-refractivity contribution in [3.8, 4) is 5.88 Å². The molecule has 0 aliphatic carbocycles. The number of nitrogens with zero attached hydrogens (tertiary/aromatic N) is 1. The third kappa shape index (κ3) is 1.44. The zero-order valence-corrected chi connectivity index (χ0v) is 6.77. The van der Waals surface area contributed by atoms with Crippen LogP contribution in [0.5, 0.6) is 5.88 Å². The van der Waals surface area contributed by atoms with Crippen LogP contribution >= 0.6 is 15.9 Å². The van der Waals surface area contributed by atoms with Crippen LogP contribution in [0.25, 0.3) is 0 Å². The molecular weight excluding hydrogens is 201 g/mol. The van der Waals surface area contributed by atoms with E-state index in [9.17, 15) is 4.39 Å². The van der Waals surface area contributed by atoms with Crippen LogP contribution < -0.4 is 4.74 Å². The van der Waals surface area contributed by atoms with Crippen molar-refractivity contribution in [2.24, 2.45) is 0 Å². The van der Waals surface area contributed by atoms with Crippen LogP contribution in [0.3, 0.4) is 0 Å². The van der Waals surface area contributed by atoms with E-state index in [0.29, 0.717) is 4.47 Å². The maximum absolute atomic E-state index is 12.6. The van der Waals surface area contributed by atoms with Crippen molar-refractivity contribution < 1.29 is 9.13 Å². The molecule has 0 fully saturated rings. The molecule has 0 saturated heterocycles. The molecule has 1 radical (unpaired) electrons. The average molecular weight is 205 g/mol. The summed E-state index contributed by atoms with van der Waals surface area (Å²) >= 11 is 3.01. The topological polar surface area (TPSA) is 22.1 Å². The van der Waals surface area contributed by atoms with E-state index in [2.05, 4.69) is 31.7 Å². The summed E-state index contributed by atoms with van der Waals surface area (Å²) in [5.41, 5.74) is 0. The second-order valence-electron chi connectivity index (χ2n) is 1.55. The molecule has 0 atom stereocenters. The van der Waals surface area contributed by atoms with Crippen LogP contribution in [0.2, 0.25) is 0 Å². The smallest absolute Gasteiger partial charge is 0.250 e. The summed E-state index contributed by atoms with van der Waals surface area (Å²) < 4.78 is 17.6. The fourth-order valence-corrected chi connectivity index (χ4v) is 0.781. The lowest BCUT2D eigenvalue weighted by Crippen LogP contribution is -1.91. The summed E-state index contributed by atoms with van der Waals surface area (Å²) in [6, 6.07) is 2.35. The lowest BCUT2D eigenvalue weighted by molar-refractivity contribution is 0.368. The summed E-state index contributed by atoms with van der Waals surface area (Å²) in [5, 5.41) is 0. The average Bonchev–Trinajstić information content (AvgIpc) is 1.88. The van der Waals surface area contributed by atoms with Crippen LogP contribution in [0, 0.1) is 11.9 Å². The van der Waals surface area contributed by atoms with Gasteiger partial charge in [0.25, 0.3) is 5.88 Å². The van der Waals surface area contributed by atoms with Crippen molar-refractivity contribution in [1.29, 1.82) is 0 Å². The van der Waals surface area contributed by atoms with E-state index in [-0.39, 0.29) is 5.88 Å². The normalized spacial score (nSPS) is 9.50. The summed E-state index contributed by atoms with van der Waals surface area (Å²) in [6.07, 6.45) is 1.42. The van der Waals surface area contributed by atoms with Crippen molar-refractivity contribution >= 4 is 15.9 Å². The molecule has 0 unspecified atom stereocenters. The van der Waals surface area contributed by atoms with Gasteiger partial charge in [0.1, 0.15) is 0 Å². The summed E-state index contributed by atoms with van der Waals surface area (Å²) in [7, 11) is 1.35. The number of halogens is 2. The number of aromatic nitrogens is 1. The zero-order chi connectivity index (χ0) is 7.56. The molecule has 1 heterocycles. The van der Waals surface area contributed by atoms with Crippen LogP contribution in [0.15, 0.2) is 10.7 Å². The first-order valence-corrected chi connectivity index (χ1v) is 3.30. The Morgan fingerprint density at radius 3 is 3.00 bits per heavy atom. The third-order valence-electron chi connectivity index (χ3n) is 0.905. The van der Waals surface area contributed by atoms with Gasteiger partial charge in [0.2, 0.25) is 0 Å². The molecule has 0 bridgehead atoms. The van der Waals surface area contributed by atoms with Gasteiger partial charge in [-0.25, -0.2) is 9.37 Å².